The van der Waals surface area contributed by atoms with Gasteiger partial charge in [-0.05, 0) is 146 Å². The summed E-state index contributed by atoms with van der Waals surface area (Å²) in [6.45, 7) is 0. The van der Waals surface area contributed by atoms with Crippen molar-refractivity contribution in [1.29, 1.82) is 5.26 Å². The van der Waals surface area contributed by atoms with Crippen LogP contribution >= 0.6 is 0 Å². The predicted octanol–water partition coefficient (Wildman–Crippen LogP) is 29.7. The Morgan fingerprint density at radius 2 is 0.552 bits per heavy atom. The number of para-hydroxylation sites is 12. The van der Waals surface area contributed by atoms with Crippen molar-refractivity contribution >= 4 is 234 Å². The van der Waals surface area contributed by atoms with E-state index in [9.17, 15) is 5.26 Å². The molecule has 15 heterocycles. The second kappa shape index (κ2) is 27.2. The smallest absolute Gasteiger partial charge is 0.235 e. The first-order valence-corrected chi connectivity index (χ1v) is 45.3. The lowest BCUT2D eigenvalue weighted by Gasteiger charge is -2.13. The van der Waals surface area contributed by atoms with Gasteiger partial charge in [0.15, 0.2) is 0 Å². The molecule has 17 aromatic carbocycles. The molecule has 0 aliphatic rings. The summed E-state index contributed by atoms with van der Waals surface area (Å²) in [5, 5.41) is 38.1. The predicted molar refractivity (Wildman–Crippen MR) is 552 cm³/mol. The Morgan fingerprint density at radius 1 is 0.216 bits per heavy atom. The molecule has 0 unspecified atom stereocenters. The van der Waals surface area contributed by atoms with Crippen LogP contribution in [0.5, 0.6) is 0 Å². The highest BCUT2D eigenvalue weighted by Gasteiger charge is 2.31. The molecule has 0 saturated carbocycles. The topological polar surface area (TPSA) is 126 Å². The highest BCUT2D eigenvalue weighted by Crippen LogP contribution is 2.52. The van der Waals surface area contributed by atoms with E-state index in [0.717, 1.165) is 83.5 Å². The monoisotopic (exact) mass is 1700 g/mol. The number of hydrogen-bond donors (Lipinski definition) is 0. The van der Waals surface area contributed by atoms with Gasteiger partial charge in [0.25, 0.3) is 0 Å². The maximum absolute atomic E-state index is 9.64. The molecule has 14 nitrogen and oxygen atoms in total. The summed E-state index contributed by atoms with van der Waals surface area (Å²) in [7, 11) is 0. The highest BCUT2D eigenvalue weighted by atomic mass is 15.2. The fourth-order valence-electron chi connectivity index (χ4n) is 23.4. The van der Waals surface area contributed by atoms with Crippen LogP contribution in [0.15, 0.2) is 413 Å². The van der Waals surface area contributed by atoms with E-state index in [-0.39, 0.29) is 0 Å². The number of fused-ring (bicyclic) bond motifs is 37. The van der Waals surface area contributed by atoms with Crippen LogP contribution in [-0.4, -0.2) is 61.0 Å². The molecule has 32 aromatic rings. The van der Waals surface area contributed by atoms with Gasteiger partial charge in [-0.15, -0.1) is 0 Å². The normalized spacial score (nSPS) is 12.3. The van der Waals surface area contributed by atoms with Gasteiger partial charge in [-0.2, -0.15) is 5.26 Å². The number of rotatable bonds is 6. The molecule has 0 bridgehead atoms. The third-order valence-corrected chi connectivity index (χ3v) is 28.6. The average molecular weight is 1710 g/mol. The lowest BCUT2D eigenvalue weighted by Crippen LogP contribution is -2.03. The van der Waals surface area contributed by atoms with Crippen LogP contribution in [0.4, 0.5) is 0 Å². The van der Waals surface area contributed by atoms with Gasteiger partial charge in [0.2, 0.25) is 5.95 Å². The number of hydrogen-bond acceptors (Lipinski definition) is 6. The third kappa shape index (κ3) is 9.75. The number of pyridine rings is 3. The zero-order chi connectivity index (χ0) is 87.4. The molecule has 0 aliphatic carbocycles. The largest absolute Gasteiger partial charge is 0.309 e. The standard InChI is InChI=1S/C41H24N4.C40H23N5.C39H21N5/c1-5-16-33-27(12-1)29-20-21-42-24-38(29)44(33)26-11-9-10-25(22-26)43-35-18-7-3-14-30(35)39-37(43)23-32-28-13-2-6-17-34(28)45-36-19-8-4-15-31(36)40(39)41(32)45;1-5-13-31-25(9-1)27-19-20-41-23-36(27)43(31)24-17-18-37(42-22-24)44-33-15-7-3-11-28(33)38-35(44)21-30-26-10-2-6-14-32(26)45-34-16-8-4-12-29(34)39(38)40(30)45;40-22-23-10-9-11-24(20-23)37-26-13-1-5-16-30(26)41-39(42-37)44-33-19-8-3-14-27(33)35-34(44)21-29-25-12-2-6-17-31(25)43-32-18-7-4-15-28(32)36(35)38(29)43/h1-24H;1-23H;1-21H. The van der Waals surface area contributed by atoms with E-state index >= 15 is 0 Å². The molecule has 15 aromatic heterocycles. The van der Waals surface area contributed by atoms with Gasteiger partial charge in [0.05, 0.1) is 152 Å². The fraction of sp³-hybridized carbons (Fsp3) is 0. The fourth-order valence-corrected chi connectivity index (χ4v) is 23.4. The third-order valence-electron chi connectivity index (χ3n) is 28.6. The minimum absolute atomic E-state index is 0.601. The van der Waals surface area contributed by atoms with E-state index in [1.807, 2.05) is 73.4 Å². The van der Waals surface area contributed by atoms with Gasteiger partial charge in [-0.25, -0.2) is 15.0 Å². The van der Waals surface area contributed by atoms with Gasteiger partial charge in [-0.1, -0.05) is 237 Å². The number of nitrogens with zero attached hydrogens (tertiary/aromatic N) is 14. The summed E-state index contributed by atoms with van der Waals surface area (Å²) in [6, 6.07) is 139. The summed E-state index contributed by atoms with van der Waals surface area (Å²) in [5.74, 6) is 1.50. The molecule has 0 saturated heterocycles. The molecule has 134 heavy (non-hydrogen) atoms. The molecule has 0 spiro atoms. The zero-order valence-electron chi connectivity index (χ0n) is 71.5. The first kappa shape index (κ1) is 72.4. The summed E-state index contributed by atoms with van der Waals surface area (Å²) >= 11 is 0. The quantitative estimate of drug-likeness (QED) is 0.163. The molecule has 0 fully saturated rings. The van der Waals surface area contributed by atoms with E-state index in [2.05, 4.69) is 392 Å². The molecule has 14 heteroatoms. The van der Waals surface area contributed by atoms with E-state index in [1.54, 1.807) is 0 Å². The van der Waals surface area contributed by atoms with E-state index < -0.39 is 0 Å². The van der Waals surface area contributed by atoms with Gasteiger partial charge >= 0.3 is 0 Å². The summed E-state index contributed by atoms with van der Waals surface area (Å²) in [6.07, 6.45) is 9.66. The molecule has 0 radical (unpaired) electrons. The lowest BCUT2D eigenvalue weighted by molar-refractivity contribution is 1.01. The second-order valence-corrected chi connectivity index (χ2v) is 35.3. The molecule has 32 rings (SSSR count). The molecular weight excluding hydrogens is 1640 g/mol. The van der Waals surface area contributed by atoms with Crippen molar-refractivity contribution in [1.82, 2.24) is 61.0 Å². The van der Waals surface area contributed by atoms with Gasteiger partial charge in [0.1, 0.15) is 5.82 Å². The minimum Gasteiger partial charge on any atom is -0.309 e. The van der Waals surface area contributed by atoms with Crippen LogP contribution in [0.2, 0.25) is 0 Å². The SMILES string of the molecule is N#Cc1cccc(-c2nc(-n3c4ccccc4c4c5c6ccccc6n6c7ccccc7c(cc43)c56)nc3ccccc23)c1.c1cc(-n2c3ccccc3c3ccncc32)cc(-n2c3ccccc3c3c4c5ccccc5n5c6ccccc6c(cc32)c45)c1.c1ccc2c(c1)c1ccncc1n2-c1ccc(-n2c3ccccc3c3c4c5ccccc5n5c6ccccc6c(cc32)c45)nc1. The molecule has 0 amide bonds. The molecule has 618 valence electrons. The van der Waals surface area contributed by atoms with Crippen LogP contribution in [0.3, 0.4) is 0 Å². The summed E-state index contributed by atoms with van der Waals surface area (Å²) in [4.78, 5) is 24.6. The Morgan fingerprint density at radius 3 is 0.993 bits per heavy atom. The number of aromatic nitrogens is 13. The average Bonchev–Trinajstić information content (AvgIpc) is 1.52. The highest BCUT2D eigenvalue weighted by molar-refractivity contribution is 6.39. The first-order valence-electron chi connectivity index (χ1n) is 45.3. The number of benzene rings is 17. The van der Waals surface area contributed by atoms with E-state index in [4.69, 9.17) is 15.0 Å². The van der Waals surface area contributed by atoms with Crippen LogP contribution in [-0.2, 0) is 0 Å². The van der Waals surface area contributed by atoms with Crippen LogP contribution in [0.25, 0.3) is 274 Å². The zero-order valence-corrected chi connectivity index (χ0v) is 71.5. The van der Waals surface area contributed by atoms with Crippen LogP contribution < -0.4 is 0 Å². The van der Waals surface area contributed by atoms with Crippen molar-refractivity contribution in [2.75, 3.05) is 0 Å². The van der Waals surface area contributed by atoms with E-state index in [0.29, 0.717) is 11.5 Å². The second-order valence-electron chi connectivity index (χ2n) is 35.3. The van der Waals surface area contributed by atoms with Crippen molar-refractivity contribution in [3.63, 3.8) is 0 Å². The Kier molecular flexibility index (Phi) is 14.7. The van der Waals surface area contributed by atoms with Crippen LogP contribution in [0.1, 0.15) is 5.56 Å². The summed E-state index contributed by atoms with van der Waals surface area (Å²) in [5.41, 5.74) is 29.0. The minimum atomic E-state index is 0.601. The molecule has 0 atom stereocenters. The summed E-state index contributed by atoms with van der Waals surface area (Å²) < 4.78 is 19.0. The van der Waals surface area contributed by atoms with Crippen molar-refractivity contribution < 1.29 is 0 Å². The Balaban J connectivity index is 0.0000000960. The Labute approximate surface area is 760 Å². The Bertz CT molecular complexity index is 10600. The molecule has 0 N–H and O–H groups in total. The van der Waals surface area contributed by atoms with Crippen molar-refractivity contribution in [3.8, 4) is 46.2 Å². The molecular formula is C120H68N14. The van der Waals surface area contributed by atoms with Crippen molar-refractivity contribution in [3.05, 3.63) is 419 Å². The van der Waals surface area contributed by atoms with Crippen LogP contribution in [0, 0.1) is 11.3 Å². The van der Waals surface area contributed by atoms with Gasteiger partial charge in [0, 0.05) is 153 Å². The lowest BCUT2D eigenvalue weighted by atomic mass is 10.0. The van der Waals surface area contributed by atoms with Crippen molar-refractivity contribution in [2.45, 2.75) is 0 Å². The van der Waals surface area contributed by atoms with Crippen molar-refractivity contribution in [2.24, 2.45) is 0 Å². The van der Waals surface area contributed by atoms with Gasteiger partial charge in [-0.3, -0.25) is 19.1 Å². The Hall–Kier alpha value is -18.6. The number of nitriles is 1. The van der Waals surface area contributed by atoms with Gasteiger partial charge < -0.3 is 26.9 Å². The maximum atomic E-state index is 9.64. The maximum Gasteiger partial charge on any atom is 0.235 e. The van der Waals surface area contributed by atoms with E-state index in [1.165, 1.54) is 185 Å². The molecule has 0 aliphatic heterocycles. The first-order chi connectivity index (χ1) is 66.5.